The molecule has 2 atom stereocenters. The molecule has 1 aliphatic heterocycles. The predicted octanol–water partition coefficient (Wildman–Crippen LogP) is 4.24. The summed E-state index contributed by atoms with van der Waals surface area (Å²) < 4.78 is 40.6. The molecular formula is C28H32N2O6S. The highest BCUT2D eigenvalue weighted by Gasteiger charge is 2.32. The Labute approximate surface area is 217 Å². The van der Waals surface area contributed by atoms with Gasteiger partial charge in [-0.2, -0.15) is 4.31 Å². The number of benzene rings is 2. The zero-order valence-corrected chi connectivity index (χ0v) is 22.5. The number of aryl methyl sites for hydroxylation is 2. The molecule has 0 saturated carbocycles. The summed E-state index contributed by atoms with van der Waals surface area (Å²) in [5.41, 5.74) is 4.26. The van der Waals surface area contributed by atoms with Crippen molar-refractivity contribution in [1.82, 2.24) is 8.87 Å². The number of hydrogen-bond donors (Lipinski definition) is 0. The van der Waals surface area contributed by atoms with Crippen molar-refractivity contribution in [2.75, 3.05) is 19.7 Å². The molecule has 1 aromatic heterocycles. The lowest BCUT2D eigenvalue weighted by molar-refractivity contribution is -0.0440. The maximum atomic E-state index is 13.2. The molecule has 0 amide bonds. The number of sulfonamides is 1. The van der Waals surface area contributed by atoms with E-state index in [4.69, 9.17) is 9.47 Å². The van der Waals surface area contributed by atoms with Crippen LogP contribution in [-0.4, -0.2) is 60.9 Å². The van der Waals surface area contributed by atoms with Crippen LogP contribution in [0.15, 0.2) is 59.5 Å². The van der Waals surface area contributed by atoms with Crippen LogP contribution in [0.5, 0.6) is 0 Å². The zero-order valence-electron chi connectivity index (χ0n) is 21.7. The summed E-state index contributed by atoms with van der Waals surface area (Å²) in [4.78, 5) is 25.7. The lowest BCUT2D eigenvalue weighted by atomic mass is 10.1. The Kier molecular flexibility index (Phi) is 7.68. The molecule has 196 valence electrons. The van der Waals surface area contributed by atoms with Gasteiger partial charge in [0, 0.05) is 35.7 Å². The Bertz CT molecular complexity index is 1420. The fourth-order valence-electron chi connectivity index (χ4n) is 4.69. The Morgan fingerprint density at radius 2 is 1.62 bits per heavy atom. The van der Waals surface area contributed by atoms with Gasteiger partial charge in [-0.3, -0.25) is 4.79 Å². The zero-order chi connectivity index (χ0) is 26.9. The molecule has 1 fully saturated rings. The standard InChI is InChI=1S/C28H32N2O6S/c1-18-9-11-24(12-10-18)30-19(2)13-26(22(30)5)27(31)17-35-28(32)23-7-6-8-25(14-23)37(33,34)29-15-20(3)36-21(4)16-29/h6-14,20-21H,15-17H2,1-5H3. The maximum absolute atomic E-state index is 13.2. The molecule has 0 bridgehead atoms. The van der Waals surface area contributed by atoms with Crippen molar-refractivity contribution in [3.63, 3.8) is 0 Å². The van der Waals surface area contributed by atoms with Crippen molar-refractivity contribution in [1.29, 1.82) is 0 Å². The molecule has 1 saturated heterocycles. The molecule has 2 unspecified atom stereocenters. The molecule has 2 aromatic carbocycles. The minimum Gasteiger partial charge on any atom is -0.454 e. The van der Waals surface area contributed by atoms with E-state index in [0.29, 0.717) is 5.56 Å². The van der Waals surface area contributed by atoms with Gasteiger partial charge in [-0.15, -0.1) is 0 Å². The predicted molar refractivity (Wildman–Crippen MR) is 140 cm³/mol. The number of esters is 1. The van der Waals surface area contributed by atoms with Gasteiger partial charge in [0.1, 0.15) is 0 Å². The van der Waals surface area contributed by atoms with Crippen LogP contribution >= 0.6 is 0 Å². The molecule has 3 aromatic rings. The van der Waals surface area contributed by atoms with Crippen molar-refractivity contribution < 1.29 is 27.5 Å². The highest BCUT2D eigenvalue weighted by molar-refractivity contribution is 7.89. The van der Waals surface area contributed by atoms with Crippen molar-refractivity contribution in [3.8, 4) is 5.69 Å². The number of carbonyl (C=O) groups excluding carboxylic acids is 2. The third kappa shape index (κ3) is 5.69. The third-order valence-corrected chi connectivity index (χ3v) is 8.28. The molecule has 8 nitrogen and oxygen atoms in total. The first kappa shape index (κ1) is 26.8. The van der Waals surface area contributed by atoms with Crippen LogP contribution in [-0.2, 0) is 19.5 Å². The van der Waals surface area contributed by atoms with Gasteiger partial charge in [-0.1, -0.05) is 23.8 Å². The number of hydrogen-bond acceptors (Lipinski definition) is 6. The number of carbonyl (C=O) groups is 2. The van der Waals surface area contributed by atoms with Gasteiger partial charge in [0.05, 0.1) is 22.7 Å². The summed E-state index contributed by atoms with van der Waals surface area (Å²) in [7, 11) is -3.82. The Hall–Kier alpha value is -3.27. The summed E-state index contributed by atoms with van der Waals surface area (Å²) in [5, 5.41) is 0. The molecule has 4 rings (SSSR count). The molecule has 0 aliphatic carbocycles. The van der Waals surface area contributed by atoms with E-state index in [1.54, 1.807) is 6.07 Å². The van der Waals surface area contributed by atoms with Gasteiger partial charge in [-0.25, -0.2) is 13.2 Å². The molecule has 0 spiro atoms. The van der Waals surface area contributed by atoms with Crippen LogP contribution in [0.2, 0.25) is 0 Å². The largest absolute Gasteiger partial charge is 0.454 e. The normalized spacial score (nSPS) is 18.5. The fraction of sp³-hybridized carbons (Fsp3) is 0.357. The van der Waals surface area contributed by atoms with Crippen LogP contribution < -0.4 is 0 Å². The highest BCUT2D eigenvalue weighted by atomic mass is 32.2. The maximum Gasteiger partial charge on any atom is 0.338 e. The molecule has 0 radical (unpaired) electrons. The molecular weight excluding hydrogens is 492 g/mol. The first-order valence-electron chi connectivity index (χ1n) is 12.2. The van der Waals surface area contributed by atoms with Crippen LogP contribution in [0.3, 0.4) is 0 Å². The number of morpholine rings is 1. The van der Waals surface area contributed by atoms with E-state index in [2.05, 4.69) is 0 Å². The second kappa shape index (κ2) is 10.6. The molecule has 1 aliphatic rings. The summed E-state index contributed by atoms with van der Waals surface area (Å²) in [6.45, 7) is 9.43. The van der Waals surface area contributed by atoms with Crippen molar-refractivity contribution >= 4 is 21.8 Å². The number of ketones is 1. The smallest absolute Gasteiger partial charge is 0.338 e. The Morgan fingerprint density at radius 1 is 0.973 bits per heavy atom. The summed E-state index contributed by atoms with van der Waals surface area (Å²) >= 11 is 0. The van der Waals surface area contributed by atoms with Crippen LogP contribution in [0.25, 0.3) is 5.69 Å². The Morgan fingerprint density at radius 3 is 2.27 bits per heavy atom. The SMILES string of the molecule is Cc1ccc(-n2c(C)cc(C(=O)COC(=O)c3cccc(S(=O)(=O)N4CC(C)OC(C)C4)c3)c2C)cc1. The summed E-state index contributed by atoms with van der Waals surface area (Å²) in [5.74, 6) is -1.10. The van der Waals surface area contributed by atoms with E-state index < -0.39 is 22.6 Å². The number of Topliss-reactive ketones (excluding diaryl/α,β-unsaturated/α-hetero) is 1. The molecule has 2 heterocycles. The summed E-state index contributed by atoms with van der Waals surface area (Å²) in [6, 6.07) is 15.5. The van der Waals surface area contributed by atoms with E-state index in [9.17, 15) is 18.0 Å². The average Bonchev–Trinajstić information content (AvgIpc) is 3.16. The molecule has 0 N–H and O–H groups in total. The van der Waals surface area contributed by atoms with Gasteiger partial charge < -0.3 is 14.0 Å². The average molecular weight is 525 g/mol. The van der Waals surface area contributed by atoms with Gasteiger partial charge in [0.25, 0.3) is 0 Å². The lowest BCUT2D eigenvalue weighted by Gasteiger charge is -2.34. The monoisotopic (exact) mass is 524 g/mol. The van der Waals surface area contributed by atoms with Crippen LogP contribution in [0, 0.1) is 20.8 Å². The first-order valence-corrected chi connectivity index (χ1v) is 13.6. The van der Waals surface area contributed by atoms with E-state index in [-0.39, 0.29) is 41.5 Å². The van der Waals surface area contributed by atoms with Gasteiger partial charge in [0.2, 0.25) is 15.8 Å². The molecule has 37 heavy (non-hydrogen) atoms. The van der Waals surface area contributed by atoms with E-state index in [0.717, 1.165) is 22.6 Å². The molecule has 9 heteroatoms. The Balaban J connectivity index is 1.47. The number of rotatable bonds is 7. The second-order valence-corrected chi connectivity index (χ2v) is 11.5. The van der Waals surface area contributed by atoms with Crippen molar-refractivity contribution in [2.24, 2.45) is 0 Å². The van der Waals surface area contributed by atoms with Gasteiger partial charge in [0.15, 0.2) is 6.61 Å². The van der Waals surface area contributed by atoms with E-state index >= 15 is 0 Å². The number of ether oxygens (including phenoxy) is 2. The highest BCUT2D eigenvalue weighted by Crippen LogP contribution is 2.24. The van der Waals surface area contributed by atoms with Crippen LogP contribution in [0.4, 0.5) is 0 Å². The van der Waals surface area contributed by atoms with E-state index in [1.807, 2.05) is 63.5 Å². The topological polar surface area (TPSA) is 94.9 Å². The van der Waals surface area contributed by atoms with Gasteiger partial charge in [-0.05, 0) is 71.0 Å². The minimum atomic E-state index is -3.82. The third-order valence-electron chi connectivity index (χ3n) is 6.45. The lowest BCUT2D eigenvalue weighted by Crippen LogP contribution is -2.48. The first-order chi connectivity index (χ1) is 17.5. The van der Waals surface area contributed by atoms with E-state index in [1.165, 1.54) is 28.6 Å². The quantitative estimate of drug-likeness (QED) is 0.339. The van der Waals surface area contributed by atoms with Crippen LogP contribution in [0.1, 0.15) is 51.5 Å². The fourth-order valence-corrected chi connectivity index (χ4v) is 6.32. The number of nitrogens with zero attached hydrogens (tertiary/aromatic N) is 2. The summed E-state index contributed by atoms with van der Waals surface area (Å²) in [6.07, 6.45) is -0.462. The minimum absolute atomic E-state index is 0.00350. The van der Waals surface area contributed by atoms with Gasteiger partial charge >= 0.3 is 5.97 Å². The van der Waals surface area contributed by atoms with Crippen molar-refractivity contribution in [2.45, 2.75) is 51.7 Å². The number of aromatic nitrogens is 1. The van der Waals surface area contributed by atoms with Crippen molar-refractivity contribution in [3.05, 3.63) is 82.7 Å². The second-order valence-electron chi connectivity index (χ2n) is 9.56.